The molecule has 0 heterocycles. The maximum atomic E-state index is 2.40. The molecule has 88 valence electrons. The van der Waals surface area contributed by atoms with Crippen LogP contribution in [-0.4, -0.2) is 0 Å². The van der Waals surface area contributed by atoms with E-state index in [9.17, 15) is 0 Å². The molecule has 0 bridgehead atoms. The summed E-state index contributed by atoms with van der Waals surface area (Å²) in [6.07, 6.45) is 17.2. The van der Waals surface area contributed by atoms with Crippen LogP contribution in [0.25, 0.3) is 0 Å². The molecule has 0 nitrogen and oxygen atoms in total. The molecule has 0 radical (unpaired) electrons. The molecule has 0 aliphatic heterocycles. The van der Waals surface area contributed by atoms with Gasteiger partial charge in [-0.05, 0) is 49.3 Å². The largest absolute Gasteiger partial charge is 0.0842 e. The predicted molar refractivity (Wildman–Crippen MR) is 73.5 cm³/mol. The molecule has 0 aromatic rings. The molecule has 1 aliphatic carbocycles. The minimum Gasteiger partial charge on any atom is -0.0842 e. The molecule has 1 rings (SSSR count). The van der Waals surface area contributed by atoms with E-state index >= 15 is 0 Å². The van der Waals surface area contributed by atoms with Gasteiger partial charge >= 0.3 is 0 Å². The first-order valence-corrected chi connectivity index (χ1v) is 6.52. The molecule has 0 fully saturated rings. The summed E-state index contributed by atoms with van der Waals surface area (Å²) in [5.74, 6) is 0. The van der Waals surface area contributed by atoms with Crippen LogP contribution in [0.4, 0.5) is 0 Å². The second-order valence-electron chi connectivity index (χ2n) is 4.38. The molecule has 16 heavy (non-hydrogen) atoms. The second-order valence-corrected chi connectivity index (χ2v) is 4.38. The summed E-state index contributed by atoms with van der Waals surface area (Å²) in [6.45, 7) is 6.73. The lowest BCUT2D eigenvalue weighted by Gasteiger charge is -2.14. The summed E-state index contributed by atoms with van der Waals surface area (Å²) >= 11 is 0. The molecule has 0 atom stereocenters. The Balaban J connectivity index is 2.97. The number of hydrogen-bond donors (Lipinski definition) is 0. The van der Waals surface area contributed by atoms with Crippen LogP contribution in [0.2, 0.25) is 0 Å². The van der Waals surface area contributed by atoms with Crippen molar-refractivity contribution in [2.45, 2.75) is 52.9 Å². The van der Waals surface area contributed by atoms with Crippen LogP contribution in [0.5, 0.6) is 0 Å². The Hall–Kier alpha value is -1.04. The van der Waals surface area contributed by atoms with Crippen LogP contribution in [0.3, 0.4) is 0 Å². The fourth-order valence-electron chi connectivity index (χ4n) is 2.21. The van der Waals surface area contributed by atoms with Crippen molar-refractivity contribution < 1.29 is 0 Å². The van der Waals surface area contributed by atoms with E-state index in [0.29, 0.717) is 0 Å². The van der Waals surface area contributed by atoms with Gasteiger partial charge in [-0.1, -0.05) is 50.6 Å². The van der Waals surface area contributed by atoms with E-state index in [-0.39, 0.29) is 0 Å². The first-order valence-electron chi connectivity index (χ1n) is 6.52. The highest BCUT2D eigenvalue weighted by atomic mass is 14.1. The van der Waals surface area contributed by atoms with Crippen molar-refractivity contribution in [1.82, 2.24) is 0 Å². The van der Waals surface area contributed by atoms with Gasteiger partial charge in [0.05, 0.1) is 0 Å². The smallest absolute Gasteiger partial charge is 0.0239 e. The van der Waals surface area contributed by atoms with Crippen molar-refractivity contribution in [2.24, 2.45) is 0 Å². The fraction of sp³-hybridized carbons (Fsp3) is 0.500. The number of rotatable bonds is 4. The van der Waals surface area contributed by atoms with Gasteiger partial charge in [-0.15, -0.1) is 0 Å². The Morgan fingerprint density at radius 1 is 1.31 bits per heavy atom. The quantitative estimate of drug-likeness (QED) is 0.594. The topological polar surface area (TPSA) is 0 Å². The average molecular weight is 216 g/mol. The lowest BCUT2D eigenvalue weighted by Crippen LogP contribution is -1.95. The third-order valence-electron chi connectivity index (χ3n) is 2.99. The van der Waals surface area contributed by atoms with Gasteiger partial charge in [-0.2, -0.15) is 0 Å². The first kappa shape index (κ1) is 13.0. The van der Waals surface area contributed by atoms with Gasteiger partial charge in [0.2, 0.25) is 0 Å². The lowest BCUT2D eigenvalue weighted by molar-refractivity contribution is 0.860. The second kappa shape index (κ2) is 7.27. The summed E-state index contributed by atoms with van der Waals surface area (Å²) in [6, 6.07) is 0. The monoisotopic (exact) mass is 216 g/mol. The molecule has 0 aromatic carbocycles. The molecular weight excluding hydrogens is 192 g/mol. The third kappa shape index (κ3) is 3.84. The van der Waals surface area contributed by atoms with Gasteiger partial charge in [0.15, 0.2) is 0 Å². The summed E-state index contributed by atoms with van der Waals surface area (Å²) < 4.78 is 0. The van der Waals surface area contributed by atoms with Gasteiger partial charge in [-0.25, -0.2) is 0 Å². The molecule has 0 saturated heterocycles. The van der Waals surface area contributed by atoms with E-state index in [1.807, 2.05) is 0 Å². The zero-order valence-corrected chi connectivity index (χ0v) is 10.9. The maximum absolute atomic E-state index is 2.40. The predicted octanol–water partition coefficient (Wildman–Crippen LogP) is 5.35. The van der Waals surface area contributed by atoms with E-state index in [2.05, 4.69) is 51.2 Å². The minimum atomic E-state index is 1.14. The standard InChI is InChI=1S/C16H24/c1-4-10-15(11-5-2)16-13-9-7-6-8-12-14(16)3/h6-8,10,12H,4-5,9,11,13H2,1-3H3. The first-order chi connectivity index (χ1) is 7.79. The van der Waals surface area contributed by atoms with E-state index in [1.165, 1.54) is 31.3 Å². The maximum Gasteiger partial charge on any atom is -0.0239 e. The van der Waals surface area contributed by atoms with Crippen molar-refractivity contribution in [2.75, 3.05) is 0 Å². The summed E-state index contributed by atoms with van der Waals surface area (Å²) in [4.78, 5) is 0. The molecule has 0 N–H and O–H groups in total. The molecule has 0 heteroatoms. The zero-order valence-electron chi connectivity index (χ0n) is 10.9. The molecule has 0 amide bonds. The Morgan fingerprint density at radius 2 is 2.12 bits per heavy atom. The van der Waals surface area contributed by atoms with Gasteiger partial charge in [-0.3, -0.25) is 0 Å². The summed E-state index contributed by atoms with van der Waals surface area (Å²) in [5.41, 5.74) is 4.59. The van der Waals surface area contributed by atoms with Crippen LogP contribution < -0.4 is 0 Å². The Bertz CT molecular complexity index is 324. The van der Waals surface area contributed by atoms with Crippen LogP contribution in [0, 0.1) is 0 Å². The molecule has 1 aliphatic rings. The summed E-state index contributed by atoms with van der Waals surface area (Å²) in [5, 5.41) is 0. The zero-order chi connectivity index (χ0) is 11.8. The van der Waals surface area contributed by atoms with Gasteiger partial charge in [0.1, 0.15) is 0 Å². The highest BCUT2D eigenvalue weighted by Gasteiger charge is 2.07. The molecular formula is C16H24. The van der Waals surface area contributed by atoms with E-state index < -0.39 is 0 Å². The molecule has 0 unspecified atom stereocenters. The highest BCUT2D eigenvalue weighted by Crippen LogP contribution is 2.26. The van der Waals surface area contributed by atoms with Gasteiger partial charge in [0.25, 0.3) is 0 Å². The van der Waals surface area contributed by atoms with Gasteiger partial charge in [0, 0.05) is 0 Å². The number of allylic oxidation sites excluding steroid dienone is 8. The SMILES string of the molecule is CCC=C(CCC)C1=C(C)C=CC=CCC1. The molecule has 0 aromatic heterocycles. The highest BCUT2D eigenvalue weighted by molar-refractivity contribution is 5.40. The molecule has 0 saturated carbocycles. The normalized spacial score (nSPS) is 17.6. The Morgan fingerprint density at radius 3 is 2.81 bits per heavy atom. The lowest BCUT2D eigenvalue weighted by atomic mass is 9.91. The minimum absolute atomic E-state index is 1.14. The van der Waals surface area contributed by atoms with Crippen molar-refractivity contribution in [3.05, 3.63) is 47.1 Å². The fourth-order valence-corrected chi connectivity index (χ4v) is 2.21. The van der Waals surface area contributed by atoms with Crippen LogP contribution in [0.15, 0.2) is 47.1 Å². The van der Waals surface area contributed by atoms with Crippen molar-refractivity contribution in [3.8, 4) is 0 Å². The van der Waals surface area contributed by atoms with Crippen molar-refractivity contribution >= 4 is 0 Å². The van der Waals surface area contributed by atoms with Crippen LogP contribution in [-0.2, 0) is 0 Å². The van der Waals surface area contributed by atoms with E-state index in [0.717, 1.165) is 6.42 Å². The van der Waals surface area contributed by atoms with Gasteiger partial charge < -0.3 is 0 Å². The van der Waals surface area contributed by atoms with E-state index in [4.69, 9.17) is 0 Å². The molecule has 0 spiro atoms. The Labute approximate surface area is 100 Å². The van der Waals surface area contributed by atoms with E-state index in [1.54, 1.807) is 11.1 Å². The number of hydrogen-bond acceptors (Lipinski definition) is 0. The average Bonchev–Trinajstić information content (AvgIpc) is 2.24. The third-order valence-corrected chi connectivity index (χ3v) is 2.99. The van der Waals surface area contributed by atoms with Crippen LogP contribution in [0.1, 0.15) is 52.9 Å². The van der Waals surface area contributed by atoms with Crippen molar-refractivity contribution in [1.29, 1.82) is 0 Å². The summed E-state index contributed by atoms with van der Waals surface area (Å²) in [7, 11) is 0. The van der Waals surface area contributed by atoms with Crippen LogP contribution >= 0.6 is 0 Å². The van der Waals surface area contributed by atoms with Crippen molar-refractivity contribution in [3.63, 3.8) is 0 Å². The Kier molecular flexibility index (Phi) is 5.92.